The van der Waals surface area contributed by atoms with E-state index in [1.54, 1.807) is 0 Å². The van der Waals surface area contributed by atoms with Crippen molar-refractivity contribution in [3.8, 4) is 0 Å². The first-order valence-electron chi connectivity index (χ1n) is 11.8. The van der Waals surface area contributed by atoms with E-state index in [9.17, 15) is 15.0 Å². The summed E-state index contributed by atoms with van der Waals surface area (Å²) in [6, 6.07) is 0. The maximum absolute atomic E-state index is 12.3. The van der Waals surface area contributed by atoms with Gasteiger partial charge in [0.05, 0.1) is 30.8 Å². The van der Waals surface area contributed by atoms with Crippen LogP contribution in [-0.2, 0) is 9.53 Å². The van der Waals surface area contributed by atoms with Crippen LogP contribution in [-0.4, -0.2) is 47.6 Å². The summed E-state index contributed by atoms with van der Waals surface area (Å²) in [6.07, 6.45) is 15.4. The minimum absolute atomic E-state index is 0.0149. The van der Waals surface area contributed by atoms with Crippen LogP contribution in [0.5, 0.6) is 0 Å². The number of carbonyl (C=O) groups is 1. The fourth-order valence-corrected chi connectivity index (χ4v) is 3.97. The predicted molar refractivity (Wildman–Crippen MR) is 114 cm³/mol. The predicted octanol–water partition coefficient (Wildman–Crippen LogP) is 4.34. The highest BCUT2D eigenvalue weighted by Gasteiger charge is 2.34. The number of rotatable bonds is 16. The number of unbranched alkanes of at least 4 members (excludes halogenated alkanes) is 11. The molecule has 1 amide bonds. The first-order valence-corrected chi connectivity index (χ1v) is 11.8. The molecule has 28 heavy (non-hydrogen) atoms. The Balaban J connectivity index is 1.97. The summed E-state index contributed by atoms with van der Waals surface area (Å²) in [4.78, 5) is 12.3. The van der Waals surface area contributed by atoms with Crippen LogP contribution in [0.15, 0.2) is 0 Å². The van der Waals surface area contributed by atoms with Gasteiger partial charge in [0.15, 0.2) is 0 Å². The highest BCUT2D eigenvalue weighted by Crippen LogP contribution is 2.25. The van der Waals surface area contributed by atoms with Gasteiger partial charge in [-0.05, 0) is 6.42 Å². The molecular formula is C23H45NO4. The number of nitrogens with one attached hydrogen (secondary N) is 1. The Kier molecular flexibility index (Phi) is 14.7. The minimum Gasteiger partial charge on any atom is -0.394 e. The zero-order chi connectivity index (χ0) is 20.6. The molecule has 166 valence electrons. The third-order valence-corrected chi connectivity index (χ3v) is 5.91. The van der Waals surface area contributed by atoms with E-state index in [1.165, 1.54) is 64.2 Å². The summed E-state index contributed by atoms with van der Waals surface area (Å²) in [5, 5.41) is 22.1. The lowest BCUT2D eigenvalue weighted by Crippen LogP contribution is -2.45. The zero-order valence-electron chi connectivity index (χ0n) is 18.3. The van der Waals surface area contributed by atoms with Crippen molar-refractivity contribution in [2.75, 3.05) is 13.2 Å². The summed E-state index contributed by atoms with van der Waals surface area (Å²) < 4.78 is 5.74. The van der Waals surface area contributed by atoms with Gasteiger partial charge in [0.25, 0.3) is 0 Å². The molecule has 5 nitrogen and oxygen atoms in total. The Morgan fingerprint density at radius 1 is 0.964 bits per heavy atom. The van der Waals surface area contributed by atoms with Crippen molar-refractivity contribution in [2.24, 2.45) is 5.92 Å². The molecule has 0 aromatic heterocycles. The van der Waals surface area contributed by atoms with Gasteiger partial charge in [-0.2, -0.15) is 0 Å². The average molecular weight is 400 g/mol. The zero-order valence-corrected chi connectivity index (χ0v) is 18.3. The van der Waals surface area contributed by atoms with Crippen molar-refractivity contribution in [3.05, 3.63) is 0 Å². The molecule has 1 aliphatic heterocycles. The van der Waals surface area contributed by atoms with Crippen LogP contribution in [0.1, 0.15) is 104 Å². The van der Waals surface area contributed by atoms with E-state index >= 15 is 0 Å². The molecule has 0 aromatic rings. The van der Waals surface area contributed by atoms with E-state index in [1.807, 2.05) is 6.92 Å². The van der Waals surface area contributed by atoms with Gasteiger partial charge in [0.1, 0.15) is 0 Å². The minimum atomic E-state index is -0.498. The number of hydrogen-bond acceptors (Lipinski definition) is 4. The molecule has 1 saturated heterocycles. The molecule has 4 atom stereocenters. The Morgan fingerprint density at radius 2 is 1.50 bits per heavy atom. The Bertz CT molecular complexity index is 391. The SMILES string of the molecule is CCCCCCCCCCCCCCNC(=O)C(C)C1C[C@@H](O)C[C@@H](CO)O1. The topological polar surface area (TPSA) is 78.8 Å². The highest BCUT2D eigenvalue weighted by atomic mass is 16.5. The first kappa shape index (κ1) is 25.4. The van der Waals surface area contributed by atoms with Gasteiger partial charge < -0.3 is 20.3 Å². The van der Waals surface area contributed by atoms with Gasteiger partial charge >= 0.3 is 0 Å². The van der Waals surface area contributed by atoms with E-state index in [2.05, 4.69) is 12.2 Å². The summed E-state index contributed by atoms with van der Waals surface area (Å²) in [5.74, 6) is -0.319. The molecule has 0 spiro atoms. The van der Waals surface area contributed by atoms with Crippen molar-refractivity contribution < 1.29 is 19.7 Å². The molecule has 1 heterocycles. The van der Waals surface area contributed by atoms with E-state index in [0.717, 1.165) is 12.8 Å². The summed E-state index contributed by atoms with van der Waals surface area (Å²) >= 11 is 0. The molecule has 1 aliphatic rings. The molecular weight excluding hydrogens is 354 g/mol. The lowest BCUT2D eigenvalue weighted by atomic mass is 9.92. The number of ether oxygens (including phenoxy) is 1. The van der Waals surface area contributed by atoms with Gasteiger partial charge in [-0.1, -0.05) is 84.5 Å². The summed E-state index contributed by atoms with van der Waals surface area (Å²) in [7, 11) is 0. The largest absolute Gasteiger partial charge is 0.394 e. The maximum Gasteiger partial charge on any atom is 0.225 e. The van der Waals surface area contributed by atoms with Crippen molar-refractivity contribution in [2.45, 2.75) is 122 Å². The van der Waals surface area contributed by atoms with Crippen LogP contribution >= 0.6 is 0 Å². The fraction of sp³-hybridized carbons (Fsp3) is 0.957. The molecule has 1 fully saturated rings. The van der Waals surface area contributed by atoms with Gasteiger partial charge in [-0.25, -0.2) is 0 Å². The smallest absolute Gasteiger partial charge is 0.225 e. The van der Waals surface area contributed by atoms with Crippen molar-refractivity contribution in [1.29, 1.82) is 0 Å². The normalized spacial score (nSPS) is 23.5. The highest BCUT2D eigenvalue weighted by molar-refractivity contribution is 5.78. The Labute approximate surface area is 172 Å². The van der Waals surface area contributed by atoms with Gasteiger partial charge in [-0.3, -0.25) is 4.79 Å². The van der Waals surface area contributed by atoms with Gasteiger partial charge in [0, 0.05) is 19.4 Å². The average Bonchev–Trinajstić information content (AvgIpc) is 2.70. The van der Waals surface area contributed by atoms with Gasteiger partial charge in [0.2, 0.25) is 5.91 Å². The van der Waals surface area contributed by atoms with E-state index < -0.39 is 6.10 Å². The molecule has 3 N–H and O–H groups in total. The Morgan fingerprint density at radius 3 is 2.04 bits per heavy atom. The first-order chi connectivity index (χ1) is 13.6. The van der Waals surface area contributed by atoms with E-state index in [4.69, 9.17) is 4.74 Å². The third-order valence-electron chi connectivity index (χ3n) is 5.91. The van der Waals surface area contributed by atoms with Gasteiger partial charge in [-0.15, -0.1) is 0 Å². The van der Waals surface area contributed by atoms with Crippen LogP contribution in [0, 0.1) is 5.92 Å². The number of aliphatic hydroxyl groups excluding tert-OH is 2. The van der Waals surface area contributed by atoms with Crippen LogP contribution in [0.25, 0.3) is 0 Å². The molecule has 0 saturated carbocycles. The second-order valence-electron chi connectivity index (χ2n) is 8.57. The molecule has 0 aliphatic carbocycles. The summed E-state index contributed by atoms with van der Waals surface area (Å²) in [6.45, 7) is 4.70. The second-order valence-corrected chi connectivity index (χ2v) is 8.57. The number of carbonyl (C=O) groups excluding carboxylic acids is 1. The number of aliphatic hydroxyl groups is 2. The van der Waals surface area contributed by atoms with Crippen molar-refractivity contribution >= 4 is 5.91 Å². The lowest BCUT2D eigenvalue weighted by molar-refractivity contribution is -0.148. The molecule has 2 unspecified atom stereocenters. The number of amides is 1. The quantitative estimate of drug-likeness (QED) is 0.337. The standard InChI is InChI=1S/C23H45NO4/c1-3-4-5-6-7-8-9-10-11-12-13-14-15-24-23(27)19(2)22-17-20(26)16-21(18-25)28-22/h19-22,25-26H,3-18H2,1-2H3,(H,24,27)/t19?,20-,21-,22?/m0/s1. The monoisotopic (exact) mass is 399 g/mol. The van der Waals surface area contributed by atoms with Crippen LogP contribution < -0.4 is 5.32 Å². The van der Waals surface area contributed by atoms with E-state index in [0.29, 0.717) is 19.4 Å². The molecule has 5 heteroatoms. The van der Waals surface area contributed by atoms with Crippen molar-refractivity contribution in [1.82, 2.24) is 5.32 Å². The summed E-state index contributed by atoms with van der Waals surface area (Å²) in [5.41, 5.74) is 0. The lowest BCUT2D eigenvalue weighted by Gasteiger charge is -2.35. The third kappa shape index (κ3) is 11.4. The maximum atomic E-state index is 12.3. The number of hydrogen-bond donors (Lipinski definition) is 3. The van der Waals surface area contributed by atoms with Crippen molar-refractivity contribution in [3.63, 3.8) is 0 Å². The molecule has 1 rings (SSSR count). The molecule has 0 bridgehead atoms. The van der Waals surface area contributed by atoms with E-state index in [-0.39, 0.29) is 30.6 Å². The fourth-order valence-electron chi connectivity index (χ4n) is 3.97. The van der Waals surface area contributed by atoms with Crippen LogP contribution in [0.4, 0.5) is 0 Å². The molecule has 0 radical (unpaired) electrons. The second kappa shape index (κ2) is 16.2. The van der Waals surface area contributed by atoms with Crippen LogP contribution in [0.2, 0.25) is 0 Å². The Hall–Kier alpha value is -0.650. The molecule has 0 aromatic carbocycles. The van der Waals surface area contributed by atoms with Crippen LogP contribution in [0.3, 0.4) is 0 Å².